The zero-order valence-electron chi connectivity index (χ0n) is 22.9. The molecule has 0 amide bonds. The van der Waals surface area contributed by atoms with Gasteiger partial charge in [0.15, 0.2) is 14.1 Å². The van der Waals surface area contributed by atoms with E-state index in [4.69, 9.17) is 18.6 Å². The number of ether oxygens (including phenoxy) is 3. The van der Waals surface area contributed by atoms with Crippen LogP contribution in [0.15, 0.2) is 12.2 Å². The van der Waals surface area contributed by atoms with E-state index in [-0.39, 0.29) is 27.8 Å². The molecule has 33 heavy (non-hydrogen) atoms. The lowest BCUT2D eigenvalue weighted by Crippen LogP contribution is -2.58. The molecule has 0 unspecified atom stereocenters. The van der Waals surface area contributed by atoms with E-state index in [1.54, 1.807) is 0 Å². The molecule has 1 aliphatic heterocycles. The van der Waals surface area contributed by atoms with Crippen LogP contribution < -0.4 is 0 Å². The normalized spacial score (nSPS) is 35.8. The highest BCUT2D eigenvalue weighted by Gasteiger charge is 2.66. The first-order chi connectivity index (χ1) is 14.9. The second-order valence-electron chi connectivity index (χ2n) is 13.6. The van der Waals surface area contributed by atoms with E-state index >= 15 is 0 Å². The lowest BCUT2D eigenvalue weighted by atomic mass is 9.60. The van der Waals surface area contributed by atoms with Crippen molar-refractivity contribution in [3.05, 3.63) is 12.2 Å². The van der Waals surface area contributed by atoms with Crippen LogP contribution in [0.3, 0.4) is 0 Å². The third-order valence-corrected chi connectivity index (χ3v) is 14.3. The highest BCUT2D eigenvalue weighted by Crippen LogP contribution is 2.66. The average Bonchev–Trinajstić information content (AvgIpc) is 3.05. The van der Waals surface area contributed by atoms with Crippen molar-refractivity contribution in [2.75, 3.05) is 26.9 Å². The maximum absolute atomic E-state index is 13.4. The second-order valence-corrected chi connectivity index (χ2v) is 18.4. The number of methoxy groups -OCH3 is 1. The third kappa shape index (κ3) is 4.50. The minimum absolute atomic E-state index is 0.0313. The van der Waals surface area contributed by atoms with Crippen LogP contribution >= 0.6 is 0 Å². The van der Waals surface area contributed by atoms with Gasteiger partial charge in [0.25, 0.3) is 0 Å². The molecule has 1 spiro atoms. The van der Waals surface area contributed by atoms with Crippen LogP contribution in [-0.4, -0.2) is 47.0 Å². The summed E-state index contributed by atoms with van der Waals surface area (Å²) in [5.41, 5.74) is 0.0735. The van der Waals surface area contributed by atoms with E-state index in [1.165, 1.54) is 7.11 Å². The van der Waals surface area contributed by atoms with E-state index in [0.29, 0.717) is 32.2 Å². The van der Waals surface area contributed by atoms with Crippen LogP contribution in [0.25, 0.3) is 0 Å². The van der Waals surface area contributed by atoms with Gasteiger partial charge in [0, 0.05) is 17.8 Å². The van der Waals surface area contributed by atoms with Crippen LogP contribution in [0.2, 0.25) is 18.1 Å². The Hall–Kier alpha value is -0.693. The fraction of sp³-hybridized carbons (Fsp3) is 0.889. The van der Waals surface area contributed by atoms with Crippen LogP contribution in [0.1, 0.15) is 74.1 Å². The van der Waals surface area contributed by atoms with Gasteiger partial charge >= 0.3 is 5.97 Å². The maximum atomic E-state index is 13.4. The van der Waals surface area contributed by atoms with E-state index in [2.05, 4.69) is 68.1 Å². The van der Waals surface area contributed by atoms with Gasteiger partial charge in [-0.2, -0.15) is 0 Å². The first kappa shape index (κ1) is 26.9. The molecule has 0 N–H and O–H groups in total. The van der Waals surface area contributed by atoms with Crippen molar-refractivity contribution < 1.29 is 23.4 Å². The molecule has 1 heterocycles. The number of rotatable bonds is 5. The predicted octanol–water partition coefficient (Wildman–Crippen LogP) is 6.34. The molecule has 0 bridgehead atoms. The third-order valence-electron chi connectivity index (χ3n) is 9.78. The van der Waals surface area contributed by atoms with Crippen molar-refractivity contribution in [3.63, 3.8) is 0 Å². The molecule has 2 aliphatic carbocycles. The summed E-state index contributed by atoms with van der Waals surface area (Å²) in [5, 5.41) is 0.103. The van der Waals surface area contributed by atoms with Crippen LogP contribution in [0.4, 0.5) is 0 Å². The molecule has 3 aliphatic rings. The van der Waals surface area contributed by atoms with Crippen molar-refractivity contribution in [3.8, 4) is 0 Å². The molecule has 0 radical (unpaired) electrons. The summed E-state index contributed by atoms with van der Waals surface area (Å²) in [6.07, 6.45) is 3.32. The highest BCUT2D eigenvalue weighted by atomic mass is 28.4. The largest absolute Gasteiger partial charge is 0.468 e. The van der Waals surface area contributed by atoms with Crippen LogP contribution in [0.5, 0.6) is 0 Å². The van der Waals surface area contributed by atoms with Gasteiger partial charge in [-0.15, -0.1) is 0 Å². The number of hydrogen-bond donors (Lipinski definition) is 0. The zero-order valence-corrected chi connectivity index (χ0v) is 23.9. The van der Waals surface area contributed by atoms with Gasteiger partial charge in [-0.25, -0.2) is 0 Å². The quantitative estimate of drug-likeness (QED) is 0.261. The van der Waals surface area contributed by atoms with Crippen molar-refractivity contribution >= 4 is 14.3 Å². The van der Waals surface area contributed by atoms with Gasteiger partial charge in [-0.1, -0.05) is 55.0 Å². The molecule has 0 aromatic rings. The van der Waals surface area contributed by atoms with Gasteiger partial charge in [-0.05, 0) is 54.3 Å². The van der Waals surface area contributed by atoms with Crippen molar-refractivity contribution in [1.29, 1.82) is 0 Å². The van der Waals surface area contributed by atoms with Gasteiger partial charge in [-0.3, -0.25) is 4.79 Å². The molecule has 0 aromatic carbocycles. The Morgan fingerprint density at radius 3 is 2.24 bits per heavy atom. The Balaban J connectivity index is 1.86. The standard InChI is InChI=1S/C27H48O5Si/c1-19(15-32-33(10,11)23(3,4)5)26(22(28)29-9)14-21-12-13-27(20(2)25(21,8)16-26)30-17-24(6,7)18-31-27/h20-21H,1,12-18H2,2-11H3/t20-,21-,25-,26+/m1/s1. The summed E-state index contributed by atoms with van der Waals surface area (Å²) in [6, 6.07) is 0. The number of carbonyl (C=O) groups excluding carboxylic acids is 1. The molecule has 3 rings (SSSR count). The smallest absolute Gasteiger partial charge is 0.316 e. The minimum atomic E-state index is -1.97. The fourth-order valence-corrected chi connectivity index (χ4v) is 7.02. The van der Waals surface area contributed by atoms with Gasteiger partial charge in [0.05, 0.1) is 32.3 Å². The highest BCUT2D eigenvalue weighted by molar-refractivity contribution is 6.74. The first-order valence-corrected chi connectivity index (χ1v) is 15.5. The Morgan fingerprint density at radius 2 is 1.73 bits per heavy atom. The van der Waals surface area contributed by atoms with Gasteiger partial charge in [0.2, 0.25) is 0 Å². The summed E-state index contributed by atoms with van der Waals surface area (Å²) in [5.74, 6) is -0.175. The minimum Gasteiger partial charge on any atom is -0.468 e. The van der Waals surface area contributed by atoms with E-state index in [9.17, 15) is 4.79 Å². The van der Waals surface area contributed by atoms with Crippen molar-refractivity contribution in [2.24, 2.45) is 28.1 Å². The average molecular weight is 481 g/mol. The molecule has 0 aromatic heterocycles. The number of hydrogen-bond acceptors (Lipinski definition) is 5. The molecular weight excluding hydrogens is 432 g/mol. The molecule has 190 valence electrons. The second kappa shape index (κ2) is 8.46. The first-order valence-electron chi connectivity index (χ1n) is 12.6. The number of carbonyl (C=O) groups is 1. The summed E-state index contributed by atoms with van der Waals surface area (Å²) in [4.78, 5) is 13.4. The zero-order chi connectivity index (χ0) is 25.1. The van der Waals surface area contributed by atoms with E-state index < -0.39 is 19.5 Å². The molecule has 5 nitrogen and oxygen atoms in total. The molecule has 2 saturated carbocycles. The summed E-state index contributed by atoms with van der Waals surface area (Å²) < 4.78 is 24.9. The maximum Gasteiger partial charge on any atom is 0.316 e. The summed E-state index contributed by atoms with van der Waals surface area (Å²) >= 11 is 0. The SMILES string of the molecule is C=C(CO[Si](C)(C)C(C)(C)C)[C@]1(C(=O)OC)C[C@H]2CCC3(OCC(C)(C)CO3)[C@H](C)[C@@]2(C)C1. The monoisotopic (exact) mass is 480 g/mol. The Kier molecular flexibility index (Phi) is 6.90. The Labute approximate surface area is 203 Å². The van der Waals surface area contributed by atoms with Crippen LogP contribution in [0, 0.1) is 28.1 Å². The van der Waals surface area contributed by atoms with Crippen molar-refractivity contribution in [2.45, 2.75) is 98.1 Å². The van der Waals surface area contributed by atoms with Gasteiger partial charge < -0.3 is 18.6 Å². The summed E-state index contributed by atoms with van der Waals surface area (Å²) in [7, 11) is -0.469. The molecular formula is C27H48O5Si. The predicted molar refractivity (Wildman–Crippen MR) is 134 cm³/mol. The Bertz CT molecular complexity index is 772. The lowest BCUT2D eigenvalue weighted by molar-refractivity contribution is -0.349. The van der Waals surface area contributed by atoms with E-state index in [1.807, 2.05) is 0 Å². The number of esters is 1. The van der Waals surface area contributed by atoms with Crippen molar-refractivity contribution in [1.82, 2.24) is 0 Å². The molecule has 3 fully saturated rings. The molecule has 1 saturated heterocycles. The Morgan fingerprint density at radius 1 is 1.15 bits per heavy atom. The van der Waals surface area contributed by atoms with E-state index in [0.717, 1.165) is 24.8 Å². The molecule has 4 atom stereocenters. The summed E-state index contributed by atoms with van der Waals surface area (Å²) in [6.45, 7) is 26.4. The topological polar surface area (TPSA) is 54.0 Å². The lowest BCUT2D eigenvalue weighted by Gasteiger charge is -2.56. The fourth-order valence-electron chi connectivity index (χ4n) is 6.05. The number of fused-ring (bicyclic) bond motifs is 1. The van der Waals surface area contributed by atoms with Crippen LogP contribution in [-0.2, 0) is 23.4 Å². The van der Waals surface area contributed by atoms with Gasteiger partial charge in [0.1, 0.15) is 0 Å². The molecule has 6 heteroatoms.